The molecule has 0 saturated carbocycles. The highest BCUT2D eigenvalue weighted by Gasteiger charge is 2.30. The van der Waals surface area contributed by atoms with Crippen molar-refractivity contribution in [3.63, 3.8) is 0 Å². The standard InChI is InChI=1S/C23H45N3O3/c1-10-15(6)20(21(27)14(4)5)26-12-17(8)23(29)19(13(2)3)25-11-16(7)22(28)18(9)24/h13-20,25-26H,10-12,24H2,1-9H3/t15?,16?,17?,18-,19-,20-/m0/s1. The molecular formula is C23H45N3O3. The molecule has 0 fully saturated rings. The smallest absolute Gasteiger partial charge is 0.154 e. The molecule has 4 N–H and O–H groups in total. The molecule has 29 heavy (non-hydrogen) atoms. The van der Waals surface area contributed by atoms with E-state index < -0.39 is 6.04 Å². The number of hydrogen-bond acceptors (Lipinski definition) is 6. The first-order valence-electron chi connectivity index (χ1n) is 11.2. The normalized spacial score (nSPS) is 18.2. The Bertz CT molecular complexity index is 531. The third-order valence-electron chi connectivity index (χ3n) is 5.77. The number of ketones is 3. The minimum Gasteiger partial charge on any atom is -0.322 e. The number of hydrogen-bond donors (Lipinski definition) is 3. The molecule has 6 atom stereocenters. The van der Waals surface area contributed by atoms with Gasteiger partial charge in [-0.1, -0.05) is 61.8 Å². The van der Waals surface area contributed by atoms with Gasteiger partial charge in [0.1, 0.15) is 0 Å². The lowest BCUT2D eigenvalue weighted by molar-refractivity contribution is -0.128. The van der Waals surface area contributed by atoms with Crippen LogP contribution >= 0.6 is 0 Å². The van der Waals surface area contributed by atoms with Gasteiger partial charge in [-0.15, -0.1) is 0 Å². The second kappa shape index (κ2) is 13.2. The van der Waals surface area contributed by atoms with Crippen molar-refractivity contribution in [3.05, 3.63) is 0 Å². The van der Waals surface area contributed by atoms with Crippen LogP contribution in [-0.4, -0.2) is 48.6 Å². The summed E-state index contributed by atoms with van der Waals surface area (Å²) >= 11 is 0. The summed E-state index contributed by atoms with van der Waals surface area (Å²) in [5.74, 6) is 0.0965. The molecule has 0 amide bonds. The number of nitrogens with one attached hydrogen (secondary N) is 2. The van der Waals surface area contributed by atoms with Gasteiger partial charge in [-0.2, -0.15) is 0 Å². The van der Waals surface area contributed by atoms with Crippen LogP contribution in [0.15, 0.2) is 0 Å². The Balaban J connectivity index is 5.00. The predicted molar refractivity (Wildman–Crippen MR) is 120 cm³/mol. The summed E-state index contributed by atoms with van der Waals surface area (Å²) in [4.78, 5) is 37.6. The van der Waals surface area contributed by atoms with E-state index in [-0.39, 0.29) is 59.0 Å². The molecule has 0 bridgehead atoms. The fourth-order valence-corrected chi connectivity index (χ4v) is 3.41. The van der Waals surface area contributed by atoms with Crippen LogP contribution in [0.2, 0.25) is 0 Å². The molecule has 0 aliphatic heterocycles. The number of rotatable bonds is 15. The largest absolute Gasteiger partial charge is 0.322 e. The van der Waals surface area contributed by atoms with Crippen LogP contribution in [0.4, 0.5) is 0 Å². The van der Waals surface area contributed by atoms with Gasteiger partial charge in [0.05, 0.1) is 18.1 Å². The summed E-state index contributed by atoms with van der Waals surface area (Å²) in [7, 11) is 0. The highest BCUT2D eigenvalue weighted by Crippen LogP contribution is 2.15. The topological polar surface area (TPSA) is 101 Å². The number of carbonyl (C=O) groups excluding carboxylic acids is 3. The molecule has 6 nitrogen and oxygen atoms in total. The van der Waals surface area contributed by atoms with Gasteiger partial charge < -0.3 is 16.4 Å². The summed E-state index contributed by atoms with van der Waals surface area (Å²) in [5, 5.41) is 6.63. The van der Waals surface area contributed by atoms with Crippen LogP contribution < -0.4 is 16.4 Å². The zero-order chi connectivity index (χ0) is 22.9. The van der Waals surface area contributed by atoms with Gasteiger partial charge in [-0.3, -0.25) is 14.4 Å². The Morgan fingerprint density at radius 3 is 1.55 bits per heavy atom. The number of carbonyl (C=O) groups is 3. The summed E-state index contributed by atoms with van der Waals surface area (Å²) in [6.07, 6.45) is 0.903. The highest BCUT2D eigenvalue weighted by molar-refractivity contribution is 5.88. The van der Waals surface area contributed by atoms with Gasteiger partial charge in [0.15, 0.2) is 17.3 Å². The monoisotopic (exact) mass is 411 g/mol. The van der Waals surface area contributed by atoms with E-state index in [2.05, 4.69) is 24.5 Å². The first-order valence-corrected chi connectivity index (χ1v) is 11.2. The molecule has 0 radical (unpaired) electrons. The van der Waals surface area contributed by atoms with Gasteiger partial charge in [-0.05, 0) is 18.8 Å². The van der Waals surface area contributed by atoms with Crippen LogP contribution in [0, 0.1) is 29.6 Å². The Kier molecular flexibility index (Phi) is 12.7. The molecule has 170 valence electrons. The van der Waals surface area contributed by atoms with E-state index in [4.69, 9.17) is 5.73 Å². The first-order chi connectivity index (χ1) is 13.3. The van der Waals surface area contributed by atoms with Crippen molar-refractivity contribution in [2.24, 2.45) is 35.3 Å². The van der Waals surface area contributed by atoms with Crippen molar-refractivity contribution in [2.45, 2.75) is 86.9 Å². The van der Waals surface area contributed by atoms with Gasteiger partial charge in [0.25, 0.3) is 0 Å². The molecular weight excluding hydrogens is 366 g/mol. The SMILES string of the molecule is CCC(C)[C@H](NCC(C)C(=O)[C@@H](NCC(C)C(=O)[C@H](C)N)C(C)C)C(=O)C(C)C. The zero-order valence-corrected chi connectivity index (χ0v) is 20.0. The van der Waals surface area contributed by atoms with E-state index in [1.54, 1.807) is 6.92 Å². The fraction of sp³-hybridized carbons (Fsp3) is 0.870. The van der Waals surface area contributed by atoms with E-state index in [1.807, 2.05) is 41.5 Å². The van der Waals surface area contributed by atoms with Gasteiger partial charge >= 0.3 is 0 Å². The molecule has 0 aromatic rings. The van der Waals surface area contributed by atoms with Crippen LogP contribution in [0.5, 0.6) is 0 Å². The number of nitrogens with two attached hydrogens (primary N) is 1. The molecule has 0 aromatic carbocycles. The van der Waals surface area contributed by atoms with E-state index in [0.717, 1.165) is 6.42 Å². The predicted octanol–water partition coefficient (Wildman–Crippen LogP) is 2.59. The molecule has 0 spiro atoms. The van der Waals surface area contributed by atoms with Crippen LogP contribution in [0.25, 0.3) is 0 Å². The molecule has 3 unspecified atom stereocenters. The van der Waals surface area contributed by atoms with Crippen LogP contribution in [0.3, 0.4) is 0 Å². The van der Waals surface area contributed by atoms with E-state index in [0.29, 0.717) is 13.1 Å². The Labute approximate surface area is 178 Å². The second-order valence-corrected chi connectivity index (χ2v) is 9.35. The Morgan fingerprint density at radius 1 is 0.724 bits per heavy atom. The summed E-state index contributed by atoms with van der Waals surface area (Å²) in [6, 6.07) is -1.07. The van der Waals surface area contributed by atoms with Gasteiger partial charge in [-0.25, -0.2) is 0 Å². The quantitative estimate of drug-likeness (QED) is 0.383. The van der Waals surface area contributed by atoms with Crippen molar-refractivity contribution >= 4 is 17.3 Å². The maximum atomic E-state index is 13.1. The van der Waals surface area contributed by atoms with E-state index in [1.165, 1.54) is 0 Å². The van der Waals surface area contributed by atoms with Gasteiger partial charge in [0, 0.05) is 30.8 Å². The van der Waals surface area contributed by atoms with Crippen molar-refractivity contribution in [3.8, 4) is 0 Å². The van der Waals surface area contributed by atoms with Gasteiger partial charge in [0.2, 0.25) is 0 Å². The minimum absolute atomic E-state index is 0.00855. The molecule has 0 aromatic heterocycles. The minimum atomic E-state index is -0.501. The molecule has 0 heterocycles. The van der Waals surface area contributed by atoms with Crippen LogP contribution in [-0.2, 0) is 14.4 Å². The van der Waals surface area contributed by atoms with Crippen molar-refractivity contribution in [1.29, 1.82) is 0 Å². The molecule has 0 rings (SSSR count). The summed E-state index contributed by atoms with van der Waals surface area (Å²) < 4.78 is 0. The van der Waals surface area contributed by atoms with E-state index >= 15 is 0 Å². The zero-order valence-electron chi connectivity index (χ0n) is 20.0. The summed E-state index contributed by atoms with van der Waals surface area (Å²) in [6.45, 7) is 18.3. The lowest BCUT2D eigenvalue weighted by Gasteiger charge is -2.29. The average molecular weight is 412 g/mol. The Hall–Kier alpha value is -1.11. The van der Waals surface area contributed by atoms with Crippen LogP contribution in [0.1, 0.15) is 68.7 Å². The highest BCUT2D eigenvalue weighted by atomic mass is 16.1. The lowest BCUT2D eigenvalue weighted by atomic mass is 9.88. The van der Waals surface area contributed by atoms with Crippen molar-refractivity contribution in [1.82, 2.24) is 10.6 Å². The second-order valence-electron chi connectivity index (χ2n) is 9.35. The maximum Gasteiger partial charge on any atom is 0.154 e. The molecule has 0 aliphatic carbocycles. The molecule has 6 heteroatoms. The van der Waals surface area contributed by atoms with Crippen molar-refractivity contribution in [2.75, 3.05) is 13.1 Å². The van der Waals surface area contributed by atoms with E-state index in [9.17, 15) is 14.4 Å². The maximum absolute atomic E-state index is 13.1. The summed E-state index contributed by atoms with van der Waals surface area (Å²) in [5.41, 5.74) is 5.68. The third kappa shape index (κ3) is 9.06. The number of Topliss-reactive ketones (excluding diaryl/α,β-unsaturated/α-hetero) is 3. The molecule has 0 aliphatic rings. The first kappa shape index (κ1) is 27.9. The Morgan fingerprint density at radius 2 is 1.17 bits per heavy atom. The van der Waals surface area contributed by atoms with Crippen molar-refractivity contribution < 1.29 is 14.4 Å². The molecule has 0 saturated heterocycles. The lowest BCUT2D eigenvalue weighted by Crippen LogP contribution is -2.50. The average Bonchev–Trinajstić information content (AvgIpc) is 2.65. The third-order valence-corrected chi connectivity index (χ3v) is 5.77. The fourth-order valence-electron chi connectivity index (χ4n) is 3.41.